The van der Waals surface area contributed by atoms with E-state index in [0.717, 1.165) is 6.42 Å². The number of rotatable bonds is 0. The summed E-state index contributed by atoms with van der Waals surface area (Å²) in [4.78, 5) is 0. The van der Waals surface area contributed by atoms with Gasteiger partial charge in [-0.2, -0.15) is 0 Å². The summed E-state index contributed by atoms with van der Waals surface area (Å²) in [6.07, 6.45) is 5.61. The van der Waals surface area contributed by atoms with E-state index < -0.39 is 10.5 Å². The SMILES string of the molecule is C1=C[C+]2c3ccccc3-c3cccc(c32)C1.O=S(=O)([O-])F. The molecule has 2 aliphatic rings. The van der Waals surface area contributed by atoms with Gasteiger partial charge < -0.3 is 4.55 Å². The van der Waals surface area contributed by atoms with Crippen LogP contribution in [0.1, 0.15) is 16.7 Å². The Morgan fingerprint density at radius 3 is 2.48 bits per heavy atom. The molecule has 2 aromatic carbocycles. The minimum atomic E-state index is -5.42. The van der Waals surface area contributed by atoms with E-state index in [0.29, 0.717) is 0 Å². The largest absolute Gasteiger partial charge is 0.722 e. The van der Waals surface area contributed by atoms with Gasteiger partial charge in [0, 0.05) is 12.0 Å². The second kappa shape index (κ2) is 5.02. The van der Waals surface area contributed by atoms with Gasteiger partial charge in [-0.1, -0.05) is 0 Å². The molecule has 21 heavy (non-hydrogen) atoms. The van der Waals surface area contributed by atoms with Gasteiger partial charge in [0.2, 0.25) is 0 Å². The quantitative estimate of drug-likeness (QED) is 0.427. The Morgan fingerprint density at radius 2 is 1.71 bits per heavy atom. The zero-order valence-electron chi connectivity index (χ0n) is 10.9. The lowest BCUT2D eigenvalue weighted by molar-refractivity contribution is 0.417. The first kappa shape index (κ1) is 13.9. The van der Waals surface area contributed by atoms with E-state index in [4.69, 9.17) is 13.0 Å². The molecule has 0 aliphatic heterocycles. The van der Waals surface area contributed by atoms with Gasteiger partial charge in [0.1, 0.15) is 0 Å². The molecule has 0 N–H and O–H groups in total. The maximum absolute atomic E-state index is 10.1. The van der Waals surface area contributed by atoms with Gasteiger partial charge in [-0.3, -0.25) is 0 Å². The van der Waals surface area contributed by atoms with Crippen molar-refractivity contribution in [2.24, 2.45) is 0 Å². The van der Waals surface area contributed by atoms with Crippen molar-refractivity contribution in [3.05, 3.63) is 77.2 Å². The van der Waals surface area contributed by atoms with Gasteiger partial charge in [0.15, 0.2) is 0 Å². The molecule has 2 aromatic rings. The normalized spacial score (nSPS) is 14.1. The monoisotopic (exact) mass is 302 g/mol. The Bertz CT molecular complexity index is 817. The highest BCUT2D eigenvalue weighted by Crippen LogP contribution is 2.47. The summed E-state index contributed by atoms with van der Waals surface area (Å²) in [7, 11) is -5.42. The fourth-order valence-corrected chi connectivity index (χ4v) is 2.88. The molecule has 106 valence electrons. The van der Waals surface area contributed by atoms with Crippen molar-refractivity contribution in [2.75, 3.05) is 0 Å². The molecule has 0 amide bonds. The lowest BCUT2D eigenvalue weighted by Gasteiger charge is -2.10. The van der Waals surface area contributed by atoms with Crippen molar-refractivity contribution in [3.63, 3.8) is 0 Å². The van der Waals surface area contributed by atoms with Crippen molar-refractivity contribution < 1.29 is 16.9 Å². The molecule has 0 heterocycles. The van der Waals surface area contributed by atoms with Crippen molar-refractivity contribution in [1.29, 1.82) is 0 Å². The number of fused-ring (bicyclic) bond motifs is 3. The summed E-state index contributed by atoms with van der Waals surface area (Å²) >= 11 is 0. The third kappa shape index (κ3) is 2.70. The molecule has 0 unspecified atom stereocenters. The average molecular weight is 302 g/mol. The van der Waals surface area contributed by atoms with Gasteiger partial charge >= 0.3 is 0 Å². The van der Waals surface area contributed by atoms with Crippen molar-refractivity contribution in [1.82, 2.24) is 0 Å². The Hall–Kier alpha value is -2.11. The second-order valence-corrected chi connectivity index (χ2v) is 5.58. The van der Waals surface area contributed by atoms with Crippen molar-refractivity contribution >= 4 is 10.5 Å². The molecule has 5 heteroatoms. The van der Waals surface area contributed by atoms with Crippen LogP contribution in [-0.4, -0.2) is 13.0 Å². The van der Waals surface area contributed by atoms with E-state index >= 15 is 0 Å². The molecule has 0 fully saturated rings. The first-order valence-corrected chi connectivity index (χ1v) is 7.67. The van der Waals surface area contributed by atoms with E-state index in [-0.39, 0.29) is 0 Å². The Kier molecular flexibility index (Phi) is 3.31. The van der Waals surface area contributed by atoms with Crippen molar-refractivity contribution in [3.8, 4) is 11.1 Å². The smallest absolute Gasteiger partial charge is 0.255 e. The number of halogens is 1. The van der Waals surface area contributed by atoms with Gasteiger partial charge in [0.05, 0.1) is 28.2 Å². The molecular formula is C16H11FO3S. The number of allylic oxidation sites excluding steroid dienone is 2. The van der Waals surface area contributed by atoms with Crippen LogP contribution < -0.4 is 0 Å². The summed E-state index contributed by atoms with van der Waals surface area (Å²) in [6.45, 7) is 0. The highest BCUT2D eigenvalue weighted by atomic mass is 32.3. The van der Waals surface area contributed by atoms with E-state index in [1.54, 1.807) is 0 Å². The predicted molar refractivity (Wildman–Crippen MR) is 77.0 cm³/mol. The number of hydrogen-bond acceptors (Lipinski definition) is 3. The molecule has 2 aliphatic carbocycles. The van der Waals surface area contributed by atoms with E-state index in [1.807, 2.05) is 0 Å². The van der Waals surface area contributed by atoms with Crippen LogP contribution >= 0.6 is 0 Å². The minimum Gasteiger partial charge on any atom is -0.722 e. The summed E-state index contributed by atoms with van der Waals surface area (Å²) < 4.78 is 35.3. The number of benzene rings is 2. The van der Waals surface area contributed by atoms with Gasteiger partial charge in [-0.25, -0.2) is 8.42 Å². The van der Waals surface area contributed by atoms with Crippen LogP contribution in [0.3, 0.4) is 0 Å². The highest BCUT2D eigenvalue weighted by molar-refractivity contribution is 7.80. The predicted octanol–water partition coefficient (Wildman–Crippen LogP) is 3.17. The molecule has 0 spiro atoms. The molecule has 4 rings (SSSR count). The molecule has 0 aromatic heterocycles. The lowest BCUT2D eigenvalue weighted by atomic mass is 9.87. The zero-order chi connectivity index (χ0) is 15.0. The summed E-state index contributed by atoms with van der Waals surface area (Å²) in [5.41, 5.74) is 7.12. The highest BCUT2D eigenvalue weighted by Gasteiger charge is 2.36. The Balaban J connectivity index is 0.000000233. The summed E-state index contributed by atoms with van der Waals surface area (Å²) in [5, 5.41) is 0. The topological polar surface area (TPSA) is 57.2 Å². The van der Waals surface area contributed by atoms with E-state index in [9.17, 15) is 3.89 Å². The summed E-state index contributed by atoms with van der Waals surface area (Å²) in [5.74, 6) is 1.41. The fourth-order valence-electron chi connectivity index (χ4n) is 2.88. The third-order valence-electron chi connectivity index (χ3n) is 3.55. The Morgan fingerprint density at radius 1 is 1.05 bits per heavy atom. The van der Waals surface area contributed by atoms with Gasteiger partial charge in [0.25, 0.3) is 10.5 Å². The van der Waals surface area contributed by atoms with E-state index in [1.165, 1.54) is 33.7 Å². The minimum absolute atomic E-state index is 1.07. The fraction of sp³-hybridized carbons (Fsp3) is 0.0625. The molecule has 3 nitrogen and oxygen atoms in total. The Labute approximate surface area is 122 Å². The van der Waals surface area contributed by atoms with Crippen LogP contribution in [0, 0.1) is 5.92 Å². The van der Waals surface area contributed by atoms with Crippen LogP contribution in [0.15, 0.2) is 54.6 Å². The third-order valence-corrected chi connectivity index (χ3v) is 3.55. The van der Waals surface area contributed by atoms with Crippen molar-refractivity contribution in [2.45, 2.75) is 6.42 Å². The molecule has 0 bridgehead atoms. The molecular weight excluding hydrogens is 291 g/mol. The average Bonchev–Trinajstić information content (AvgIpc) is 2.75. The van der Waals surface area contributed by atoms with E-state index in [2.05, 4.69) is 54.6 Å². The van der Waals surface area contributed by atoms with Gasteiger partial charge in [-0.15, -0.1) is 3.89 Å². The van der Waals surface area contributed by atoms with Crippen LogP contribution in [0.25, 0.3) is 11.1 Å². The maximum Gasteiger partial charge on any atom is 0.255 e. The maximum atomic E-state index is 10.1. The van der Waals surface area contributed by atoms with Crippen LogP contribution in [-0.2, 0) is 16.9 Å². The summed E-state index contributed by atoms with van der Waals surface area (Å²) in [6, 6.07) is 15.4. The van der Waals surface area contributed by atoms with Gasteiger partial charge in [-0.05, 0) is 54.6 Å². The van der Waals surface area contributed by atoms with Crippen LogP contribution in [0.4, 0.5) is 3.89 Å². The number of hydrogen-bond donors (Lipinski definition) is 0. The standard InChI is InChI=1S/C16H11.FHO3S/c1-2-8-13-12(7-1)14-9-3-5-11-6-4-10-15(13)16(11)14;1-5(2,3)4/h1-5,7-10H,6H2;(H,2,3,4)/q+1;/p-1. The molecule has 0 radical (unpaired) electrons. The first-order valence-electron chi connectivity index (χ1n) is 6.36. The second-order valence-electron chi connectivity index (χ2n) is 4.80. The van der Waals surface area contributed by atoms with Crippen LogP contribution in [0.2, 0.25) is 0 Å². The van der Waals surface area contributed by atoms with Crippen LogP contribution in [0.5, 0.6) is 0 Å². The first-order chi connectivity index (χ1) is 9.95. The lowest BCUT2D eigenvalue weighted by Crippen LogP contribution is -2.02. The molecule has 0 saturated heterocycles. The molecule has 0 saturated carbocycles. The zero-order valence-corrected chi connectivity index (χ0v) is 11.7. The molecule has 0 atom stereocenters.